The van der Waals surface area contributed by atoms with Crippen LogP contribution in [0.2, 0.25) is 0 Å². The average Bonchev–Trinajstić information content (AvgIpc) is 3.30. The summed E-state index contributed by atoms with van der Waals surface area (Å²) in [5, 5.41) is 9.66. The Hall–Kier alpha value is -3.01. The molecule has 0 radical (unpaired) electrons. The molecule has 2 aromatic carbocycles. The summed E-state index contributed by atoms with van der Waals surface area (Å²) in [5.41, 5.74) is 2.85. The molecule has 1 amide bonds. The van der Waals surface area contributed by atoms with Crippen molar-refractivity contribution in [2.24, 2.45) is 0 Å². The summed E-state index contributed by atoms with van der Waals surface area (Å²) in [7, 11) is 1.54. The van der Waals surface area contributed by atoms with E-state index in [1.165, 1.54) is 7.11 Å². The summed E-state index contributed by atoms with van der Waals surface area (Å²) in [5.74, 6) is 0.198. The van der Waals surface area contributed by atoms with Gasteiger partial charge in [0.15, 0.2) is 0 Å². The number of aromatic nitrogens is 2. The van der Waals surface area contributed by atoms with E-state index in [-0.39, 0.29) is 5.91 Å². The van der Waals surface area contributed by atoms with Crippen molar-refractivity contribution in [3.05, 3.63) is 72.1 Å². The number of hydrogen-bond donors (Lipinski definition) is 3. The highest BCUT2D eigenvalue weighted by Crippen LogP contribution is 2.30. The Morgan fingerprint density at radius 1 is 1.27 bits per heavy atom. The standard InChI is InChI=1S/C21H24N4O4S/c1-3-18(25-30(27)28)20(14-7-5-4-6-8-14)24-21(26)15-9-10-17(19(11-15)29-2)16-12-22-23-13-16/h4-13,18,20,25H,3H2,1-2H3,(H,22,23)(H,24,26)(H,27,28)/p-1/t18?,20-/m0/s1. The molecule has 3 N–H and O–H groups in total. The second kappa shape index (κ2) is 10.1. The summed E-state index contributed by atoms with van der Waals surface area (Å²) in [6.07, 6.45) is 3.91. The van der Waals surface area contributed by atoms with Crippen molar-refractivity contribution in [2.75, 3.05) is 7.11 Å². The second-order valence-electron chi connectivity index (χ2n) is 6.63. The Morgan fingerprint density at radius 3 is 2.63 bits per heavy atom. The van der Waals surface area contributed by atoms with Gasteiger partial charge in [0.1, 0.15) is 5.75 Å². The van der Waals surface area contributed by atoms with Crippen LogP contribution >= 0.6 is 0 Å². The highest BCUT2D eigenvalue weighted by molar-refractivity contribution is 7.77. The molecule has 0 fully saturated rings. The molecule has 0 saturated heterocycles. The molecule has 0 saturated carbocycles. The van der Waals surface area contributed by atoms with Gasteiger partial charge < -0.3 is 14.6 Å². The van der Waals surface area contributed by atoms with Crippen LogP contribution in [-0.4, -0.2) is 38.0 Å². The first-order valence-corrected chi connectivity index (χ1v) is 10.5. The van der Waals surface area contributed by atoms with Crippen molar-refractivity contribution in [1.82, 2.24) is 20.2 Å². The zero-order valence-corrected chi connectivity index (χ0v) is 17.4. The fourth-order valence-corrected chi connectivity index (χ4v) is 3.83. The summed E-state index contributed by atoms with van der Waals surface area (Å²) in [6.45, 7) is 1.86. The summed E-state index contributed by atoms with van der Waals surface area (Å²) in [6, 6.07) is 13.4. The Balaban J connectivity index is 1.89. The van der Waals surface area contributed by atoms with Crippen molar-refractivity contribution in [1.29, 1.82) is 0 Å². The number of ether oxygens (including phenoxy) is 1. The number of carbonyl (C=O) groups excluding carboxylic acids is 1. The van der Waals surface area contributed by atoms with Crippen LogP contribution in [0.4, 0.5) is 0 Å². The van der Waals surface area contributed by atoms with Gasteiger partial charge in [-0.15, -0.1) is 0 Å². The molecule has 3 atom stereocenters. The number of benzene rings is 2. The number of nitrogens with zero attached hydrogens (tertiary/aromatic N) is 1. The van der Waals surface area contributed by atoms with Gasteiger partial charge in [-0.2, -0.15) is 5.10 Å². The minimum absolute atomic E-state index is 0.335. The van der Waals surface area contributed by atoms with Crippen LogP contribution in [0.5, 0.6) is 5.75 Å². The van der Waals surface area contributed by atoms with Gasteiger partial charge in [0.25, 0.3) is 5.91 Å². The number of rotatable bonds is 9. The van der Waals surface area contributed by atoms with E-state index in [2.05, 4.69) is 20.2 Å². The van der Waals surface area contributed by atoms with Gasteiger partial charge in [0.2, 0.25) is 0 Å². The van der Waals surface area contributed by atoms with Crippen molar-refractivity contribution < 1.29 is 18.3 Å². The van der Waals surface area contributed by atoms with E-state index in [1.807, 2.05) is 37.3 Å². The van der Waals surface area contributed by atoms with Gasteiger partial charge >= 0.3 is 0 Å². The molecule has 0 aliphatic heterocycles. The second-order valence-corrected chi connectivity index (χ2v) is 7.34. The number of aromatic amines is 1. The van der Waals surface area contributed by atoms with E-state index in [4.69, 9.17) is 4.74 Å². The fourth-order valence-electron chi connectivity index (χ4n) is 3.28. The predicted molar refractivity (Wildman–Crippen MR) is 113 cm³/mol. The van der Waals surface area contributed by atoms with Crippen LogP contribution in [0.25, 0.3) is 11.1 Å². The third-order valence-corrected chi connectivity index (χ3v) is 5.30. The monoisotopic (exact) mass is 427 g/mol. The van der Waals surface area contributed by atoms with Crippen LogP contribution in [-0.2, 0) is 11.3 Å². The lowest BCUT2D eigenvalue weighted by molar-refractivity contribution is 0.0928. The first kappa shape index (κ1) is 21.7. The summed E-state index contributed by atoms with van der Waals surface area (Å²) in [4.78, 5) is 13.0. The van der Waals surface area contributed by atoms with Crippen LogP contribution in [0, 0.1) is 0 Å². The topological polar surface area (TPSA) is 119 Å². The minimum atomic E-state index is -2.45. The van der Waals surface area contributed by atoms with E-state index in [0.29, 0.717) is 17.7 Å². The molecule has 8 nitrogen and oxygen atoms in total. The molecule has 0 bridgehead atoms. The molecule has 1 aromatic heterocycles. The number of H-pyrrole nitrogens is 1. The van der Waals surface area contributed by atoms with Crippen LogP contribution < -0.4 is 14.8 Å². The number of hydrogen-bond acceptors (Lipinski definition) is 5. The lowest BCUT2D eigenvalue weighted by Crippen LogP contribution is -2.44. The number of carbonyl (C=O) groups is 1. The van der Waals surface area contributed by atoms with Gasteiger partial charge in [-0.05, 0) is 30.2 Å². The van der Waals surface area contributed by atoms with Crippen molar-refractivity contribution in [3.63, 3.8) is 0 Å². The molecule has 3 rings (SSSR count). The smallest absolute Gasteiger partial charge is 0.251 e. The van der Waals surface area contributed by atoms with Crippen LogP contribution in [0.3, 0.4) is 0 Å². The van der Waals surface area contributed by atoms with Crippen molar-refractivity contribution in [3.8, 4) is 16.9 Å². The minimum Gasteiger partial charge on any atom is -0.760 e. The van der Waals surface area contributed by atoms with Crippen LogP contribution in [0.1, 0.15) is 35.3 Å². The third-order valence-electron chi connectivity index (χ3n) is 4.81. The Kier molecular flexibility index (Phi) is 7.34. The molecular weight excluding hydrogens is 404 g/mol. The maximum Gasteiger partial charge on any atom is 0.251 e. The van der Waals surface area contributed by atoms with Gasteiger partial charge in [0.05, 0.1) is 19.3 Å². The zero-order chi connectivity index (χ0) is 21.5. The Bertz CT molecular complexity index is 996. The molecule has 0 aliphatic rings. The quantitative estimate of drug-likeness (QED) is 0.454. The molecule has 0 aliphatic carbocycles. The molecule has 2 unspecified atom stereocenters. The number of methoxy groups -OCH3 is 1. The maximum absolute atomic E-state index is 13.0. The summed E-state index contributed by atoms with van der Waals surface area (Å²) >= 11 is -2.45. The van der Waals surface area contributed by atoms with Gasteiger partial charge in [-0.3, -0.25) is 14.1 Å². The number of amides is 1. The van der Waals surface area contributed by atoms with E-state index >= 15 is 0 Å². The molecule has 3 aromatic rings. The molecule has 9 heteroatoms. The van der Waals surface area contributed by atoms with E-state index in [9.17, 15) is 13.6 Å². The highest BCUT2D eigenvalue weighted by Gasteiger charge is 2.25. The first-order valence-electron chi connectivity index (χ1n) is 9.42. The van der Waals surface area contributed by atoms with E-state index in [0.717, 1.165) is 16.7 Å². The molecular formula is C21H23N4O4S-. The fraction of sp³-hybridized carbons (Fsp3) is 0.238. The average molecular weight is 428 g/mol. The normalized spacial score (nSPS) is 14.0. The first-order chi connectivity index (χ1) is 14.5. The van der Waals surface area contributed by atoms with Crippen LogP contribution in [0.15, 0.2) is 60.9 Å². The predicted octanol–water partition coefficient (Wildman–Crippen LogP) is 2.72. The van der Waals surface area contributed by atoms with E-state index in [1.54, 1.807) is 30.6 Å². The van der Waals surface area contributed by atoms with Gasteiger partial charge in [-0.25, -0.2) is 4.72 Å². The maximum atomic E-state index is 13.0. The largest absolute Gasteiger partial charge is 0.760 e. The molecule has 30 heavy (non-hydrogen) atoms. The summed E-state index contributed by atoms with van der Waals surface area (Å²) < 4.78 is 30.4. The van der Waals surface area contributed by atoms with Crippen molar-refractivity contribution >= 4 is 17.2 Å². The Labute approximate surface area is 177 Å². The lowest BCUT2D eigenvalue weighted by atomic mass is 9.97. The van der Waals surface area contributed by atoms with Crippen molar-refractivity contribution in [2.45, 2.75) is 25.4 Å². The molecule has 158 valence electrons. The molecule has 0 spiro atoms. The number of nitrogens with one attached hydrogen (secondary N) is 3. The van der Waals surface area contributed by atoms with Gasteiger partial charge in [-0.1, -0.05) is 37.3 Å². The zero-order valence-electron chi connectivity index (χ0n) is 16.6. The molecule has 1 heterocycles. The van der Waals surface area contributed by atoms with E-state index < -0.39 is 23.4 Å². The SMILES string of the molecule is CCC(NS(=O)[O-])[C@@H](NC(=O)c1ccc(-c2cn[nH]c2)c(OC)c1)c1ccccc1. The van der Waals surface area contributed by atoms with Gasteiger partial charge in [0, 0.05) is 40.2 Å². The lowest BCUT2D eigenvalue weighted by Gasteiger charge is -2.29. The third kappa shape index (κ3) is 5.12. The Morgan fingerprint density at radius 2 is 2.03 bits per heavy atom. The highest BCUT2D eigenvalue weighted by atomic mass is 32.2.